The van der Waals surface area contributed by atoms with Crippen LogP contribution in [0.15, 0.2) is 30.3 Å². The molecule has 4 N–H and O–H groups in total. The number of pyridine rings is 1. The number of fused-ring (bicyclic) bond motifs is 2. The van der Waals surface area contributed by atoms with Gasteiger partial charge in [0.2, 0.25) is 0 Å². The van der Waals surface area contributed by atoms with Crippen LogP contribution < -0.4 is 26.0 Å². The van der Waals surface area contributed by atoms with E-state index in [0.717, 1.165) is 52.2 Å². The Bertz CT molecular complexity index is 1510. The summed E-state index contributed by atoms with van der Waals surface area (Å²) in [5, 5.41) is 7.00. The highest BCUT2D eigenvalue weighted by Crippen LogP contribution is 2.39. The molecule has 0 aliphatic carbocycles. The van der Waals surface area contributed by atoms with E-state index < -0.39 is 17.3 Å². The zero-order chi connectivity index (χ0) is 29.6. The second-order valence-electron chi connectivity index (χ2n) is 12.6. The van der Waals surface area contributed by atoms with Crippen molar-refractivity contribution in [1.29, 1.82) is 0 Å². The van der Waals surface area contributed by atoms with Crippen molar-refractivity contribution in [2.24, 2.45) is 0 Å². The standard InChI is InChI=1S/C31H39N5O5S/c1-18-7-10-22-25(32)26(42-28(22)33-18)27(37)34-20-13-19-8-9-21(14-23(19)39-16-20)36-15-24(35-29(38)41-30(2,3)4)31(17-36)11-5-6-12-40-31/h7-10,14,20,24H,5-6,11-13,15-17,32H2,1-4H3,(H,34,37)(H,35,38)/t20-,24?,31?/m1/s1. The normalized spacial score (nSPS) is 23.9. The third-order valence-electron chi connectivity index (χ3n) is 8.17. The maximum atomic E-state index is 13.1. The minimum absolute atomic E-state index is 0.178. The van der Waals surface area contributed by atoms with E-state index in [9.17, 15) is 9.59 Å². The zero-order valence-corrected chi connectivity index (χ0v) is 25.4. The molecular formula is C31H39N5O5S. The number of alkyl carbamates (subject to hydrolysis) is 1. The molecule has 224 valence electrons. The predicted octanol–water partition coefficient (Wildman–Crippen LogP) is 4.57. The van der Waals surface area contributed by atoms with Crippen molar-refractivity contribution in [2.75, 3.05) is 36.9 Å². The Kier molecular flexibility index (Phi) is 7.43. The molecule has 2 fully saturated rings. The van der Waals surface area contributed by atoms with E-state index in [1.807, 2.05) is 39.8 Å². The van der Waals surface area contributed by atoms with Crippen LogP contribution in [-0.4, -0.2) is 66.6 Å². The second-order valence-corrected chi connectivity index (χ2v) is 13.6. The lowest BCUT2D eigenvalue weighted by molar-refractivity contribution is -0.0788. The smallest absolute Gasteiger partial charge is 0.408 e. The van der Waals surface area contributed by atoms with Crippen LogP contribution in [0.2, 0.25) is 0 Å². The van der Waals surface area contributed by atoms with Gasteiger partial charge in [0.1, 0.15) is 33.3 Å². The summed E-state index contributed by atoms with van der Waals surface area (Å²) >= 11 is 1.31. The number of hydrogen-bond acceptors (Lipinski definition) is 9. The number of aromatic nitrogens is 1. The highest BCUT2D eigenvalue weighted by atomic mass is 32.1. The lowest BCUT2D eigenvalue weighted by atomic mass is 9.89. The van der Waals surface area contributed by atoms with Gasteiger partial charge in [-0.3, -0.25) is 4.79 Å². The molecule has 10 nitrogen and oxygen atoms in total. The number of nitrogens with one attached hydrogen (secondary N) is 2. The van der Waals surface area contributed by atoms with Gasteiger partial charge in [-0.2, -0.15) is 0 Å². The van der Waals surface area contributed by atoms with Crippen LogP contribution in [-0.2, 0) is 15.9 Å². The monoisotopic (exact) mass is 593 g/mol. The Morgan fingerprint density at radius 3 is 2.79 bits per heavy atom. The van der Waals surface area contributed by atoms with Gasteiger partial charge in [-0.1, -0.05) is 6.07 Å². The molecule has 0 bridgehead atoms. The summed E-state index contributed by atoms with van der Waals surface area (Å²) in [6.45, 7) is 9.84. The largest absolute Gasteiger partial charge is 0.491 e. The number of aryl methyl sites for hydroxylation is 1. The number of hydrogen-bond donors (Lipinski definition) is 3. The molecule has 2 aromatic heterocycles. The van der Waals surface area contributed by atoms with Gasteiger partial charge in [0.25, 0.3) is 5.91 Å². The second kappa shape index (κ2) is 10.9. The van der Waals surface area contributed by atoms with Crippen LogP contribution in [0.4, 0.5) is 16.2 Å². The quantitative estimate of drug-likeness (QED) is 0.401. The molecule has 2 unspecified atom stereocenters. The van der Waals surface area contributed by atoms with Gasteiger partial charge < -0.3 is 35.5 Å². The van der Waals surface area contributed by atoms with E-state index in [4.69, 9.17) is 19.9 Å². The molecule has 2 saturated heterocycles. The fourth-order valence-corrected chi connectivity index (χ4v) is 7.18. The van der Waals surface area contributed by atoms with Gasteiger partial charge in [0.05, 0.1) is 17.8 Å². The molecule has 11 heteroatoms. The number of benzene rings is 1. The van der Waals surface area contributed by atoms with Gasteiger partial charge >= 0.3 is 6.09 Å². The summed E-state index contributed by atoms with van der Waals surface area (Å²) < 4.78 is 18.1. The third kappa shape index (κ3) is 5.72. The molecule has 42 heavy (non-hydrogen) atoms. The zero-order valence-electron chi connectivity index (χ0n) is 24.6. The molecule has 5 heterocycles. The van der Waals surface area contributed by atoms with Crippen molar-refractivity contribution in [1.82, 2.24) is 15.6 Å². The first-order valence-corrected chi connectivity index (χ1v) is 15.4. The fourth-order valence-electron chi connectivity index (χ4n) is 6.14. The van der Waals surface area contributed by atoms with Crippen LogP contribution in [0.25, 0.3) is 10.2 Å². The molecule has 1 aromatic carbocycles. The number of amides is 2. The van der Waals surface area contributed by atoms with Crippen LogP contribution in [0.3, 0.4) is 0 Å². The molecule has 6 rings (SSSR count). The molecule has 1 spiro atoms. The van der Waals surface area contributed by atoms with Gasteiger partial charge in [-0.05, 0) is 77.1 Å². The number of thiophene rings is 1. The summed E-state index contributed by atoms with van der Waals surface area (Å²) in [6, 6.07) is 9.64. The van der Waals surface area contributed by atoms with Crippen molar-refractivity contribution < 1.29 is 23.8 Å². The van der Waals surface area contributed by atoms with Gasteiger partial charge in [0, 0.05) is 42.5 Å². The minimum atomic E-state index is -0.572. The molecule has 0 saturated carbocycles. The number of carbonyl (C=O) groups excluding carboxylic acids is 2. The topological polar surface area (TPSA) is 128 Å². The SMILES string of the molecule is Cc1ccc2c(N)c(C(=O)N[C@H]3COc4cc(N5CC(NC(=O)OC(C)(C)C)C6(CCCCO6)C5)ccc4C3)sc2n1. The number of nitrogen functional groups attached to an aromatic ring is 1. The van der Waals surface area contributed by atoms with Crippen LogP contribution in [0, 0.1) is 6.92 Å². The molecular weight excluding hydrogens is 554 g/mol. The van der Waals surface area contributed by atoms with E-state index in [1.165, 1.54) is 11.3 Å². The number of anilines is 2. The number of nitrogens with zero attached hydrogens (tertiary/aromatic N) is 2. The van der Waals surface area contributed by atoms with E-state index >= 15 is 0 Å². The van der Waals surface area contributed by atoms with Crippen molar-refractivity contribution in [2.45, 2.75) is 76.7 Å². The van der Waals surface area contributed by atoms with E-state index in [-0.39, 0.29) is 18.0 Å². The summed E-state index contributed by atoms with van der Waals surface area (Å²) in [5.74, 6) is 0.599. The first-order valence-electron chi connectivity index (χ1n) is 14.6. The summed E-state index contributed by atoms with van der Waals surface area (Å²) in [4.78, 5) is 33.8. The highest BCUT2D eigenvalue weighted by molar-refractivity contribution is 7.21. The number of nitrogens with two attached hydrogens (primary N) is 1. The number of ether oxygens (including phenoxy) is 3. The van der Waals surface area contributed by atoms with Crippen LogP contribution in [0.1, 0.15) is 61.0 Å². The third-order valence-corrected chi connectivity index (χ3v) is 9.28. The number of rotatable bonds is 4. The molecule has 3 aromatic rings. The van der Waals surface area contributed by atoms with Crippen LogP contribution >= 0.6 is 11.3 Å². The lowest BCUT2D eigenvalue weighted by Crippen LogP contribution is -2.55. The van der Waals surface area contributed by atoms with E-state index in [2.05, 4.69) is 38.7 Å². The minimum Gasteiger partial charge on any atom is -0.491 e. The van der Waals surface area contributed by atoms with Gasteiger partial charge in [-0.15, -0.1) is 11.3 Å². The first-order chi connectivity index (χ1) is 20.0. The Labute approximate surface area is 249 Å². The molecule has 2 amide bonds. The Hall–Kier alpha value is -3.57. The van der Waals surface area contributed by atoms with E-state index in [0.29, 0.717) is 43.3 Å². The van der Waals surface area contributed by atoms with E-state index in [1.54, 1.807) is 0 Å². The van der Waals surface area contributed by atoms with Crippen LogP contribution in [0.5, 0.6) is 5.75 Å². The first kappa shape index (κ1) is 28.5. The van der Waals surface area contributed by atoms with Crippen molar-refractivity contribution in [3.05, 3.63) is 46.5 Å². The average molecular weight is 594 g/mol. The highest BCUT2D eigenvalue weighted by Gasteiger charge is 2.50. The summed E-state index contributed by atoms with van der Waals surface area (Å²) in [7, 11) is 0. The Morgan fingerprint density at radius 2 is 2.02 bits per heavy atom. The van der Waals surface area contributed by atoms with Gasteiger partial charge in [0.15, 0.2) is 0 Å². The summed E-state index contributed by atoms with van der Waals surface area (Å²) in [5.41, 5.74) is 8.67. The van der Waals surface area contributed by atoms with Crippen molar-refractivity contribution >= 4 is 44.9 Å². The fraction of sp³-hybridized carbons (Fsp3) is 0.516. The molecule has 3 aliphatic rings. The van der Waals surface area contributed by atoms with Crippen molar-refractivity contribution in [3.63, 3.8) is 0 Å². The molecule has 3 aliphatic heterocycles. The molecule has 3 atom stereocenters. The Balaban J connectivity index is 1.13. The maximum Gasteiger partial charge on any atom is 0.408 e. The lowest BCUT2D eigenvalue weighted by Gasteiger charge is -2.38. The van der Waals surface area contributed by atoms with Gasteiger partial charge in [-0.25, -0.2) is 9.78 Å². The summed E-state index contributed by atoms with van der Waals surface area (Å²) in [6.07, 6.45) is 3.20. The molecule has 0 radical (unpaired) electrons. The predicted molar refractivity (Wildman–Crippen MR) is 164 cm³/mol. The average Bonchev–Trinajstić information content (AvgIpc) is 3.44. The number of carbonyl (C=O) groups is 2. The maximum absolute atomic E-state index is 13.1. The van der Waals surface area contributed by atoms with Crippen molar-refractivity contribution in [3.8, 4) is 5.75 Å². The Morgan fingerprint density at radius 1 is 1.19 bits per heavy atom.